The van der Waals surface area contributed by atoms with Crippen molar-refractivity contribution in [2.24, 2.45) is 28.6 Å². The number of imide groups is 1. The largest absolute Gasteiger partial charge is 0.370 e. The lowest BCUT2D eigenvalue weighted by Gasteiger charge is -2.61. The first-order valence-corrected chi connectivity index (χ1v) is 10.6. The summed E-state index contributed by atoms with van der Waals surface area (Å²) in [4.78, 5) is 37.1. The molecule has 4 fully saturated rings. The molecule has 1 N–H and O–H groups in total. The van der Waals surface area contributed by atoms with Crippen LogP contribution in [0, 0.1) is 28.6 Å². The van der Waals surface area contributed by atoms with Gasteiger partial charge in [0.2, 0.25) is 11.8 Å². The highest BCUT2D eigenvalue weighted by atomic mass is 35.5. The number of fused-ring (bicyclic) bond motifs is 3. The Labute approximate surface area is 169 Å². The van der Waals surface area contributed by atoms with Crippen LogP contribution in [0.3, 0.4) is 0 Å². The summed E-state index contributed by atoms with van der Waals surface area (Å²) in [6.45, 7) is 8.20. The Balaban J connectivity index is 1.71. The van der Waals surface area contributed by atoms with Crippen LogP contribution in [0.4, 0.5) is 0 Å². The van der Waals surface area contributed by atoms with Crippen molar-refractivity contribution in [3.63, 3.8) is 0 Å². The van der Waals surface area contributed by atoms with E-state index in [1.54, 1.807) is 0 Å². The molecule has 27 heavy (non-hydrogen) atoms. The minimum Gasteiger partial charge on any atom is -0.370 e. The van der Waals surface area contributed by atoms with Crippen LogP contribution in [0.25, 0.3) is 0 Å². The molecule has 8 atom stereocenters. The monoisotopic (exact) mass is 415 g/mol. The number of alkyl halides is 2. The Morgan fingerprint density at radius 3 is 2.37 bits per heavy atom. The van der Waals surface area contributed by atoms with E-state index in [1.807, 2.05) is 20.8 Å². The normalized spacial score (nSPS) is 51.7. The van der Waals surface area contributed by atoms with Gasteiger partial charge in [-0.1, -0.05) is 20.8 Å². The van der Waals surface area contributed by atoms with Crippen molar-refractivity contribution in [3.05, 3.63) is 0 Å². The first-order valence-electron chi connectivity index (χ1n) is 9.72. The zero-order valence-electron chi connectivity index (χ0n) is 16.2. The van der Waals surface area contributed by atoms with Crippen molar-refractivity contribution >= 4 is 40.8 Å². The number of ether oxygens (including phenoxy) is 1. The molecule has 4 aliphatic rings. The number of nitrogens with one attached hydrogen (secondary N) is 1. The summed E-state index contributed by atoms with van der Waals surface area (Å²) in [7, 11) is 0. The Hall–Kier alpha value is -0.650. The maximum absolute atomic E-state index is 13.3. The number of hydrogen-bond donors (Lipinski definition) is 1. The van der Waals surface area contributed by atoms with Gasteiger partial charge < -0.3 is 4.74 Å². The zero-order chi connectivity index (χ0) is 19.9. The molecule has 0 aromatic heterocycles. The smallest absolute Gasteiger partial charge is 0.232 e. The number of carbonyl (C=O) groups is 3. The molecule has 0 spiro atoms. The molecule has 4 rings (SSSR count). The standard InChI is InChI=1S/C20H27Cl2NO4/c1-18(2)15-11(24)8-20(4)13(19(15,3)7-10(21)16(18)22)6-12(27-20)9-5-14(25)23-17(9)26/h9-10,12-13,15-16H,5-8H2,1-4H3,(H,23,25,26). The molecule has 2 saturated heterocycles. The molecule has 7 heteroatoms. The van der Waals surface area contributed by atoms with Gasteiger partial charge in [0.1, 0.15) is 5.78 Å². The van der Waals surface area contributed by atoms with Crippen LogP contribution < -0.4 is 5.32 Å². The van der Waals surface area contributed by atoms with Crippen LogP contribution in [0.2, 0.25) is 0 Å². The lowest BCUT2D eigenvalue weighted by molar-refractivity contribution is -0.173. The number of carbonyl (C=O) groups excluding carboxylic acids is 3. The molecule has 2 aliphatic heterocycles. The average Bonchev–Trinajstić information content (AvgIpc) is 3.04. The summed E-state index contributed by atoms with van der Waals surface area (Å²) >= 11 is 13.3. The quantitative estimate of drug-likeness (QED) is 0.527. The molecule has 0 radical (unpaired) electrons. The van der Waals surface area contributed by atoms with E-state index in [4.69, 9.17) is 27.9 Å². The minimum absolute atomic E-state index is 0.0888. The highest BCUT2D eigenvalue weighted by Crippen LogP contribution is 2.66. The number of hydrogen-bond acceptors (Lipinski definition) is 4. The van der Waals surface area contributed by atoms with E-state index in [-0.39, 0.29) is 58.1 Å². The number of rotatable bonds is 1. The van der Waals surface area contributed by atoms with E-state index in [0.29, 0.717) is 19.3 Å². The highest BCUT2D eigenvalue weighted by molar-refractivity contribution is 6.30. The van der Waals surface area contributed by atoms with E-state index in [0.717, 1.165) is 0 Å². The second kappa shape index (κ2) is 5.93. The van der Waals surface area contributed by atoms with Crippen molar-refractivity contribution in [1.82, 2.24) is 5.32 Å². The molecular weight excluding hydrogens is 389 g/mol. The van der Waals surface area contributed by atoms with E-state index >= 15 is 0 Å². The number of amides is 2. The summed E-state index contributed by atoms with van der Waals surface area (Å²) in [5.41, 5.74) is -1.40. The molecule has 8 unspecified atom stereocenters. The molecule has 2 saturated carbocycles. The van der Waals surface area contributed by atoms with Crippen molar-refractivity contribution in [3.8, 4) is 0 Å². The van der Waals surface area contributed by atoms with Gasteiger partial charge in [-0.05, 0) is 36.5 Å². The van der Waals surface area contributed by atoms with Gasteiger partial charge in [-0.25, -0.2) is 0 Å². The summed E-state index contributed by atoms with van der Waals surface area (Å²) in [5, 5.41) is 1.87. The molecule has 150 valence electrons. The molecule has 5 nitrogen and oxygen atoms in total. The van der Waals surface area contributed by atoms with E-state index < -0.39 is 16.9 Å². The first-order chi connectivity index (χ1) is 12.4. The summed E-state index contributed by atoms with van der Waals surface area (Å²) in [6.07, 6.45) is 1.44. The van der Waals surface area contributed by atoms with Gasteiger partial charge in [0.05, 0.1) is 28.4 Å². The SMILES string of the molecule is CC12CC(=O)C3C(C)(C)C(Cl)C(Cl)CC3(C)C1CC(C1CC(=O)NC1=O)O2. The maximum atomic E-state index is 13.3. The van der Waals surface area contributed by atoms with Gasteiger partial charge >= 0.3 is 0 Å². The predicted molar refractivity (Wildman–Crippen MR) is 102 cm³/mol. The van der Waals surface area contributed by atoms with Gasteiger partial charge in [-0.3, -0.25) is 19.7 Å². The number of Topliss-reactive ketones (excluding diaryl/α,β-unsaturated/α-hetero) is 1. The third kappa shape index (κ3) is 2.64. The number of halogens is 2. The average molecular weight is 416 g/mol. The van der Waals surface area contributed by atoms with Crippen LogP contribution in [0.5, 0.6) is 0 Å². The van der Waals surface area contributed by atoms with Crippen LogP contribution >= 0.6 is 23.2 Å². The zero-order valence-corrected chi connectivity index (χ0v) is 17.7. The second-order valence-electron chi connectivity index (χ2n) is 10.0. The molecule has 2 heterocycles. The fourth-order valence-corrected chi connectivity index (χ4v) is 7.77. The van der Waals surface area contributed by atoms with E-state index in [1.165, 1.54) is 0 Å². The van der Waals surface area contributed by atoms with Crippen molar-refractivity contribution < 1.29 is 19.1 Å². The van der Waals surface area contributed by atoms with Crippen LogP contribution in [-0.2, 0) is 19.1 Å². The Kier molecular flexibility index (Phi) is 4.32. The topological polar surface area (TPSA) is 72.5 Å². The van der Waals surface area contributed by atoms with Crippen LogP contribution in [0.1, 0.15) is 53.4 Å². The van der Waals surface area contributed by atoms with Gasteiger partial charge in [-0.15, -0.1) is 23.2 Å². The van der Waals surface area contributed by atoms with Gasteiger partial charge in [-0.2, -0.15) is 0 Å². The van der Waals surface area contributed by atoms with Gasteiger partial charge in [0.15, 0.2) is 0 Å². The Morgan fingerprint density at radius 2 is 1.78 bits per heavy atom. The lowest BCUT2D eigenvalue weighted by atomic mass is 9.45. The van der Waals surface area contributed by atoms with Gasteiger partial charge in [0.25, 0.3) is 0 Å². The third-order valence-electron chi connectivity index (χ3n) is 7.79. The molecule has 2 amide bonds. The molecule has 0 aromatic carbocycles. The summed E-state index contributed by atoms with van der Waals surface area (Å²) in [6, 6.07) is 0. The fourth-order valence-electron chi connectivity index (χ4n) is 6.90. The molecule has 0 bridgehead atoms. The molecule has 0 aromatic rings. The number of ketones is 1. The molecular formula is C20H27Cl2NO4. The van der Waals surface area contributed by atoms with Crippen molar-refractivity contribution in [2.45, 2.75) is 75.8 Å². The van der Waals surface area contributed by atoms with Crippen LogP contribution in [0.15, 0.2) is 0 Å². The Morgan fingerprint density at radius 1 is 1.11 bits per heavy atom. The lowest BCUT2D eigenvalue weighted by Crippen LogP contribution is -2.64. The third-order valence-corrected chi connectivity index (χ3v) is 9.19. The van der Waals surface area contributed by atoms with Crippen molar-refractivity contribution in [2.75, 3.05) is 0 Å². The molecule has 2 aliphatic carbocycles. The first kappa shape index (κ1) is 19.7. The van der Waals surface area contributed by atoms with E-state index in [9.17, 15) is 14.4 Å². The fraction of sp³-hybridized carbons (Fsp3) is 0.850. The summed E-state index contributed by atoms with van der Waals surface area (Å²) in [5.74, 6) is -0.921. The maximum Gasteiger partial charge on any atom is 0.232 e. The summed E-state index contributed by atoms with van der Waals surface area (Å²) < 4.78 is 6.36. The van der Waals surface area contributed by atoms with Crippen LogP contribution in [-0.4, -0.2) is 40.1 Å². The van der Waals surface area contributed by atoms with Gasteiger partial charge in [0, 0.05) is 18.8 Å². The van der Waals surface area contributed by atoms with Crippen molar-refractivity contribution in [1.29, 1.82) is 0 Å². The Bertz CT molecular complexity index is 725. The second-order valence-corrected chi connectivity index (χ2v) is 11.0. The predicted octanol–water partition coefficient (Wildman–Crippen LogP) is 3.05. The van der Waals surface area contributed by atoms with E-state index in [2.05, 4.69) is 12.2 Å². The highest BCUT2D eigenvalue weighted by Gasteiger charge is 2.68. The minimum atomic E-state index is -0.634.